The van der Waals surface area contributed by atoms with Gasteiger partial charge in [-0.1, -0.05) is 23.7 Å². The molecule has 1 atom stereocenters. The molecule has 3 rings (SSSR count). The fourth-order valence-electron chi connectivity index (χ4n) is 3.14. The van der Waals surface area contributed by atoms with E-state index >= 15 is 0 Å². The van der Waals surface area contributed by atoms with Crippen LogP contribution < -0.4 is 5.32 Å². The zero-order valence-corrected chi connectivity index (χ0v) is 11.4. The first-order chi connectivity index (χ1) is 8.62. The van der Waals surface area contributed by atoms with Gasteiger partial charge in [-0.3, -0.25) is 4.79 Å². The molecule has 18 heavy (non-hydrogen) atoms. The largest absolute Gasteiger partial charge is 0.317 e. The van der Waals surface area contributed by atoms with Crippen molar-refractivity contribution in [3.05, 3.63) is 34.3 Å². The number of hydrogen-bond donors (Lipinski definition) is 1. The van der Waals surface area contributed by atoms with E-state index in [1.807, 2.05) is 25.1 Å². The zero-order chi connectivity index (χ0) is 12.8. The lowest BCUT2D eigenvalue weighted by molar-refractivity contribution is 0.0940. The number of hydrogen-bond acceptors (Lipinski definition) is 2. The molecule has 1 aromatic rings. The van der Waals surface area contributed by atoms with E-state index in [4.69, 9.17) is 11.6 Å². The first-order valence-electron chi connectivity index (χ1n) is 6.63. The van der Waals surface area contributed by atoms with E-state index < -0.39 is 0 Å². The minimum atomic E-state index is 0.235. The molecule has 0 radical (unpaired) electrons. The van der Waals surface area contributed by atoms with Crippen LogP contribution in [0.5, 0.6) is 0 Å². The maximum Gasteiger partial charge on any atom is 0.166 e. The second-order valence-corrected chi connectivity index (χ2v) is 6.10. The van der Waals surface area contributed by atoms with Crippen LogP contribution in [0.4, 0.5) is 0 Å². The Bertz CT molecular complexity index is 491. The van der Waals surface area contributed by atoms with Gasteiger partial charge >= 0.3 is 0 Å². The smallest absolute Gasteiger partial charge is 0.166 e. The van der Waals surface area contributed by atoms with Gasteiger partial charge in [-0.25, -0.2) is 0 Å². The molecule has 1 saturated heterocycles. The van der Waals surface area contributed by atoms with Gasteiger partial charge in [-0.05, 0) is 56.3 Å². The third-order valence-electron chi connectivity index (χ3n) is 4.56. The Morgan fingerprint density at radius 3 is 2.78 bits per heavy atom. The number of nitrogens with one attached hydrogen (secondary N) is 1. The Morgan fingerprint density at radius 2 is 2.11 bits per heavy atom. The van der Waals surface area contributed by atoms with E-state index in [0.29, 0.717) is 16.2 Å². The molecular weight excluding hydrogens is 246 g/mol. The van der Waals surface area contributed by atoms with E-state index in [9.17, 15) is 4.79 Å². The maximum atomic E-state index is 12.5. The Morgan fingerprint density at radius 1 is 1.39 bits per heavy atom. The predicted molar refractivity (Wildman–Crippen MR) is 73.2 cm³/mol. The molecule has 1 aromatic carbocycles. The number of Topliss-reactive ketones (excluding diaryl/α,β-unsaturated/α-hetero) is 1. The highest BCUT2D eigenvalue weighted by molar-refractivity contribution is 6.31. The highest BCUT2D eigenvalue weighted by atomic mass is 35.5. The number of aryl methyl sites for hydroxylation is 1. The first kappa shape index (κ1) is 12.2. The van der Waals surface area contributed by atoms with Crippen LogP contribution in [0, 0.1) is 18.3 Å². The molecule has 0 bridgehead atoms. The molecule has 2 nitrogen and oxygen atoms in total. The molecule has 1 heterocycles. The van der Waals surface area contributed by atoms with Gasteiger partial charge in [0.1, 0.15) is 0 Å². The SMILES string of the molecule is Cc1ccc(C(=O)C2CC23CCNCC3)cc1Cl. The summed E-state index contributed by atoms with van der Waals surface area (Å²) in [7, 11) is 0. The number of ketones is 1. The van der Waals surface area contributed by atoms with Crippen LogP contribution in [-0.2, 0) is 0 Å². The van der Waals surface area contributed by atoms with Crippen molar-refractivity contribution in [2.45, 2.75) is 26.2 Å². The van der Waals surface area contributed by atoms with E-state index in [1.54, 1.807) is 0 Å². The van der Waals surface area contributed by atoms with Crippen molar-refractivity contribution in [1.82, 2.24) is 5.32 Å². The predicted octanol–water partition coefficient (Wildman–Crippen LogP) is 3.22. The van der Waals surface area contributed by atoms with Gasteiger partial charge in [-0.15, -0.1) is 0 Å². The van der Waals surface area contributed by atoms with E-state index in [1.165, 1.54) is 0 Å². The van der Waals surface area contributed by atoms with Crippen LogP contribution in [0.3, 0.4) is 0 Å². The Hall–Kier alpha value is -0.860. The molecule has 0 aromatic heterocycles. The Balaban J connectivity index is 1.78. The summed E-state index contributed by atoms with van der Waals surface area (Å²) in [5, 5.41) is 4.06. The number of piperidine rings is 1. The average molecular weight is 264 g/mol. The van der Waals surface area contributed by atoms with Gasteiger partial charge in [0.05, 0.1) is 0 Å². The second-order valence-electron chi connectivity index (χ2n) is 5.70. The molecule has 96 valence electrons. The van der Waals surface area contributed by atoms with Gasteiger partial charge in [0.25, 0.3) is 0 Å². The van der Waals surface area contributed by atoms with E-state index in [0.717, 1.165) is 43.5 Å². The molecule has 1 aliphatic heterocycles. The number of halogens is 1. The average Bonchev–Trinajstić information content (AvgIpc) is 3.06. The van der Waals surface area contributed by atoms with E-state index in [2.05, 4.69) is 5.32 Å². The monoisotopic (exact) mass is 263 g/mol. The first-order valence-corrected chi connectivity index (χ1v) is 7.01. The molecule has 2 fully saturated rings. The summed E-state index contributed by atoms with van der Waals surface area (Å²) in [6, 6.07) is 5.68. The summed E-state index contributed by atoms with van der Waals surface area (Å²) < 4.78 is 0. The van der Waals surface area contributed by atoms with Gasteiger partial charge < -0.3 is 5.32 Å². The van der Waals surface area contributed by atoms with Crippen molar-refractivity contribution >= 4 is 17.4 Å². The van der Waals surface area contributed by atoms with Crippen molar-refractivity contribution in [2.75, 3.05) is 13.1 Å². The van der Waals surface area contributed by atoms with Gasteiger partial charge in [0.2, 0.25) is 0 Å². The fourth-order valence-corrected chi connectivity index (χ4v) is 3.32. The molecule has 1 unspecified atom stereocenters. The molecule has 2 aliphatic rings. The highest BCUT2D eigenvalue weighted by Gasteiger charge is 2.57. The summed E-state index contributed by atoms with van der Waals surface area (Å²) in [5.41, 5.74) is 2.12. The number of carbonyl (C=O) groups excluding carboxylic acids is 1. The minimum Gasteiger partial charge on any atom is -0.317 e. The standard InChI is InChI=1S/C15H18ClNO/c1-10-2-3-11(8-13(10)16)14(18)12-9-15(12)4-6-17-7-5-15/h2-3,8,12,17H,4-7,9H2,1H3. The van der Waals surface area contributed by atoms with Gasteiger partial charge in [-0.2, -0.15) is 0 Å². The lowest BCUT2D eigenvalue weighted by atomic mass is 9.89. The molecular formula is C15H18ClNO. The molecule has 1 N–H and O–H groups in total. The molecule has 1 saturated carbocycles. The normalized spacial score (nSPS) is 25.1. The third-order valence-corrected chi connectivity index (χ3v) is 4.97. The maximum absolute atomic E-state index is 12.5. The second kappa shape index (κ2) is 4.36. The number of rotatable bonds is 2. The molecule has 1 aliphatic carbocycles. The van der Waals surface area contributed by atoms with Crippen LogP contribution in [0.2, 0.25) is 5.02 Å². The zero-order valence-electron chi connectivity index (χ0n) is 10.6. The number of benzene rings is 1. The van der Waals surface area contributed by atoms with Crippen LogP contribution in [-0.4, -0.2) is 18.9 Å². The minimum absolute atomic E-state index is 0.235. The van der Waals surface area contributed by atoms with Crippen molar-refractivity contribution in [3.63, 3.8) is 0 Å². The van der Waals surface area contributed by atoms with Crippen LogP contribution in [0.15, 0.2) is 18.2 Å². The lowest BCUT2D eigenvalue weighted by Gasteiger charge is -2.23. The highest BCUT2D eigenvalue weighted by Crippen LogP contribution is 2.59. The van der Waals surface area contributed by atoms with Crippen LogP contribution in [0.1, 0.15) is 35.2 Å². The molecule has 0 amide bonds. The molecule has 1 spiro atoms. The Kier molecular flexibility index (Phi) is 2.95. The van der Waals surface area contributed by atoms with Crippen LogP contribution >= 0.6 is 11.6 Å². The van der Waals surface area contributed by atoms with Gasteiger partial charge in [0, 0.05) is 16.5 Å². The Labute approximate surface area is 113 Å². The molecule has 3 heteroatoms. The van der Waals surface area contributed by atoms with Gasteiger partial charge in [0.15, 0.2) is 5.78 Å². The van der Waals surface area contributed by atoms with Crippen LogP contribution in [0.25, 0.3) is 0 Å². The topological polar surface area (TPSA) is 29.1 Å². The third kappa shape index (κ3) is 1.98. The van der Waals surface area contributed by atoms with Crippen molar-refractivity contribution in [2.24, 2.45) is 11.3 Å². The quantitative estimate of drug-likeness (QED) is 0.830. The summed E-state index contributed by atoms with van der Waals surface area (Å²) in [4.78, 5) is 12.5. The van der Waals surface area contributed by atoms with E-state index in [-0.39, 0.29) is 5.92 Å². The lowest BCUT2D eigenvalue weighted by Crippen LogP contribution is -2.30. The fraction of sp³-hybridized carbons (Fsp3) is 0.533. The summed E-state index contributed by atoms with van der Waals surface area (Å²) >= 11 is 6.10. The number of carbonyl (C=O) groups is 1. The summed E-state index contributed by atoms with van der Waals surface area (Å²) in [6.45, 7) is 4.07. The van der Waals surface area contributed by atoms with Crippen molar-refractivity contribution < 1.29 is 4.79 Å². The van der Waals surface area contributed by atoms with Crippen molar-refractivity contribution in [1.29, 1.82) is 0 Å². The summed E-state index contributed by atoms with van der Waals surface area (Å²) in [5.74, 6) is 0.525. The summed E-state index contributed by atoms with van der Waals surface area (Å²) in [6.07, 6.45) is 3.35. The van der Waals surface area contributed by atoms with Crippen molar-refractivity contribution in [3.8, 4) is 0 Å².